The molecule has 0 bridgehead atoms. The summed E-state index contributed by atoms with van der Waals surface area (Å²) in [6.07, 6.45) is 0. The van der Waals surface area contributed by atoms with E-state index in [-0.39, 0.29) is 11.9 Å². The van der Waals surface area contributed by atoms with E-state index in [4.69, 9.17) is 0 Å². The highest BCUT2D eigenvalue weighted by Gasteiger charge is 2.65. The van der Waals surface area contributed by atoms with E-state index in [2.05, 4.69) is 41.5 Å². The number of imide groups is 1. The maximum atomic E-state index is 14.1. The predicted molar refractivity (Wildman–Crippen MR) is 126 cm³/mol. The second-order valence-electron chi connectivity index (χ2n) is 9.38. The monoisotopic (exact) mass is 422 g/mol. The summed E-state index contributed by atoms with van der Waals surface area (Å²) in [6.45, 7) is 15.3. The molecule has 5 heteroatoms. The smallest absolute Gasteiger partial charge is 0.324 e. The molecular formula is C25H34N2O2Si. The molecule has 30 heavy (non-hydrogen) atoms. The van der Waals surface area contributed by atoms with Crippen molar-refractivity contribution in [2.45, 2.75) is 70.6 Å². The van der Waals surface area contributed by atoms with Crippen LogP contribution in [-0.4, -0.2) is 24.7 Å². The molecule has 0 N–H and O–H groups in total. The van der Waals surface area contributed by atoms with Crippen LogP contribution in [0.3, 0.4) is 0 Å². The van der Waals surface area contributed by atoms with Gasteiger partial charge in [-0.05, 0) is 41.2 Å². The first-order chi connectivity index (χ1) is 14.1. The molecule has 0 aromatic heterocycles. The van der Waals surface area contributed by atoms with Crippen molar-refractivity contribution in [3.05, 3.63) is 66.2 Å². The van der Waals surface area contributed by atoms with Gasteiger partial charge in [0.2, 0.25) is 0 Å². The Morgan fingerprint density at radius 1 is 0.733 bits per heavy atom. The summed E-state index contributed by atoms with van der Waals surface area (Å²) in [5, 5.41) is 0. The zero-order valence-corrected chi connectivity index (χ0v) is 20.2. The van der Waals surface area contributed by atoms with Crippen molar-refractivity contribution in [1.29, 1.82) is 0 Å². The highest BCUT2D eigenvalue weighted by atomic mass is 28.3. The van der Waals surface area contributed by atoms with Crippen molar-refractivity contribution >= 4 is 25.9 Å². The Bertz CT molecular complexity index is 889. The summed E-state index contributed by atoms with van der Waals surface area (Å²) in [5.41, 5.74) is 1.38. The number of nitrogens with zero attached hydrogens (tertiary/aromatic N) is 2. The van der Waals surface area contributed by atoms with Crippen LogP contribution in [0, 0.1) is 0 Å². The van der Waals surface area contributed by atoms with Crippen LogP contribution in [0.25, 0.3) is 0 Å². The van der Waals surface area contributed by atoms with Crippen molar-refractivity contribution < 1.29 is 9.59 Å². The van der Waals surface area contributed by atoms with Crippen molar-refractivity contribution in [2.75, 3.05) is 4.90 Å². The summed E-state index contributed by atoms with van der Waals surface area (Å²) >= 11 is 0. The van der Waals surface area contributed by atoms with Gasteiger partial charge in [0, 0.05) is 0 Å². The summed E-state index contributed by atoms with van der Waals surface area (Å²) in [4.78, 5) is 29.6. The number of para-hydroxylation sites is 1. The van der Waals surface area contributed by atoms with Gasteiger partial charge in [0.1, 0.15) is 5.54 Å². The Morgan fingerprint density at radius 2 is 1.17 bits per heavy atom. The molecule has 0 radical (unpaired) electrons. The Balaban J connectivity index is 2.34. The quantitative estimate of drug-likeness (QED) is 0.391. The molecule has 2 aromatic rings. The fourth-order valence-electron chi connectivity index (χ4n) is 5.84. The number of hydrogen-bond acceptors (Lipinski definition) is 2. The van der Waals surface area contributed by atoms with Gasteiger partial charge in [-0.1, -0.05) is 90.1 Å². The van der Waals surface area contributed by atoms with Crippen molar-refractivity contribution in [3.8, 4) is 0 Å². The van der Waals surface area contributed by atoms with Gasteiger partial charge in [-0.15, -0.1) is 0 Å². The maximum absolute atomic E-state index is 14.1. The largest absolute Gasteiger partial charge is 0.333 e. The summed E-state index contributed by atoms with van der Waals surface area (Å²) in [5.74, 6) is -0.163. The van der Waals surface area contributed by atoms with E-state index in [1.807, 2.05) is 72.2 Å². The third-order valence-corrected chi connectivity index (χ3v) is 13.9. The molecule has 1 unspecified atom stereocenters. The summed E-state index contributed by atoms with van der Waals surface area (Å²) in [6, 6.07) is 19.0. The third kappa shape index (κ3) is 3.02. The van der Waals surface area contributed by atoms with Crippen molar-refractivity contribution in [2.24, 2.45) is 0 Å². The minimum absolute atomic E-state index is 0.163. The number of rotatable bonds is 6. The third-order valence-electron chi connectivity index (χ3n) is 6.96. The summed E-state index contributed by atoms with van der Waals surface area (Å²) < 4.78 is 2.05. The van der Waals surface area contributed by atoms with Gasteiger partial charge < -0.3 is 4.57 Å². The molecule has 2 aromatic carbocycles. The molecule has 1 saturated heterocycles. The molecular weight excluding hydrogens is 388 g/mol. The average molecular weight is 423 g/mol. The number of benzene rings is 2. The average Bonchev–Trinajstić information content (AvgIpc) is 2.91. The van der Waals surface area contributed by atoms with E-state index in [0.29, 0.717) is 22.3 Å². The van der Waals surface area contributed by atoms with Gasteiger partial charge in [-0.3, -0.25) is 4.79 Å². The lowest BCUT2D eigenvalue weighted by Crippen LogP contribution is -2.66. The fraction of sp³-hybridized carbons (Fsp3) is 0.440. The number of anilines is 1. The standard InChI is InChI=1S/C25H34N2O2Si/c1-18(2)30(19(3)4,20(5)6)27-24(29)26(22-16-12-9-13-17-22)23(28)25(27,7)21-14-10-8-11-15-21/h8-20H,1-7H3. The van der Waals surface area contributed by atoms with Crippen LogP contribution in [0.5, 0.6) is 0 Å². The first-order valence-electron chi connectivity index (χ1n) is 10.9. The number of carbonyl (C=O) groups excluding carboxylic acids is 2. The molecule has 1 aliphatic rings. The number of amides is 3. The van der Waals surface area contributed by atoms with Crippen LogP contribution in [0.2, 0.25) is 16.6 Å². The molecule has 1 fully saturated rings. The van der Waals surface area contributed by atoms with Crippen LogP contribution in [0.15, 0.2) is 60.7 Å². The lowest BCUT2D eigenvalue weighted by atomic mass is 9.92. The van der Waals surface area contributed by atoms with E-state index in [1.54, 1.807) is 0 Å². The molecule has 3 rings (SSSR count). The topological polar surface area (TPSA) is 40.6 Å². The lowest BCUT2D eigenvalue weighted by molar-refractivity contribution is -0.123. The van der Waals surface area contributed by atoms with E-state index < -0.39 is 13.8 Å². The molecule has 1 aliphatic heterocycles. The highest BCUT2D eigenvalue weighted by molar-refractivity contribution is 6.83. The fourth-order valence-corrected chi connectivity index (χ4v) is 12.8. The molecule has 160 valence electrons. The molecule has 0 spiro atoms. The van der Waals surface area contributed by atoms with Crippen LogP contribution in [0.1, 0.15) is 54.0 Å². The molecule has 4 nitrogen and oxygen atoms in total. The Hall–Kier alpha value is -2.40. The normalized spacial score (nSPS) is 20.2. The number of hydrogen-bond donors (Lipinski definition) is 0. The zero-order valence-electron chi connectivity index (χ0n) is 19.2. The van der Waals surface area contributed by atoms with E-state index >= 15 is 0 Å². The highest BCUT2D eigenvalue weighted by Crippen LogP contribution is 2.52. The second kappa shape index (κ2) is 8.03. The maximum Gasteiger partial charge on any atom is 0.324 e. The minimum Gasteiger partial charge on any atom is -0.333 e. The van der Waals surface area contributed by atoms with Crippen LogP contribution >= 0.6 is 0 Å². The number of carbonyl (C=O) groups is 2. The first kappa shape index (κ1) is 22.3. The van der Waals surface area contributed by atoms with Gasteiger partial charge >= 0.3 is 6.03 Å². The minimum atomic E-state index is -2.47. The molecule has 0 aliphatic carbocycles. The van der Waals surface area contributed by atoms with Crippen LogP contribution < -0.4 is 4.90 Å². The van der Waals surface area contributed by atoms with Crippen molar-refractivity contribution in [3.63, 3.8) is 0 Å². The van der Waals surface area contributed by atoms with Crippen LogP contribution in [-0.2, 0) is 10.3 Å². The predicted octanol–water partition coefficient (Wildman–Crippen LogP) is 6.55. The zero-order chi connectivity index (χ0) is 22.3. The summed E-state index contributed by atoms with van der Waals surface area (Å²) in [7, 11) is -2.47. The van der Waals surface area contributed by atoms with E-state index in [9.17, 15) is 9.59 Å². The van der Waals surface area contributed by atoms with Gasteiger partial charge in [-0.25, -0.2) is 9.69 Å². The molecule has 0 saturated carbocycles. The second-order valence-corrected chi connectivity index (χ2v) is 15.1. The Morgan fingerprint density at radius 3 is 1.60 bits per heavy atom. The molecule has 1 heterocycles. The van der Waals surface area contributed by atoms with Crippen molar-refractivity contribution in [1.82, 2.24) is 4.57 Å². The number of urea groups is 1. The van der Waals surface area contributed by atoms with E-state index in [0.717, 1.165) is 5.56 Å². The van der Waals surface area contributed by atoms with Crippen LogP contribution in [0.4, 0.5) is 10.5 Å². The van der Waals surface area contributed by atoms with Gasteiger partial charge in [-0.2, -0.15) is 0 Å². The van der Waals surface area contributed by atoms with Gasteiger partial charge in [0.05, 0.1) is 5.69 Å². The van der Waals surface area contributed by atoms with E-state index in [1.165, 1.54) is 4.90 Å². The Kier molecular flexibility index (Phi) is 5.96. The lowest BCUT2D eigenvalue weighted by Gasteiger charge is -2.53. The van der Waals surface area contributed by atoms with Gasteiger partial charge in [0.15, 0.2) is 8.24 Å². The first-order valence-corrected chi connectivity index (χ1v) is 13.1. The molecule has 1 atom stereocenters. The van der Waals surface area contributed by atoms with Gasteiger partial charge in [0.25, 0.3) is 5.91 Å². The SMILES string of the molecule is CC(C)[Si](C(C)C)(C(C)C)N1C(=O)N(c2ccccc2)C(=O)C1(C)c1ccccc1. The Labute approximate surface area is 182 Å². The molecule has 3 amide bonds.